The van der Waals surface area contributed by atoms with Crippen molar-refractivity contribution in [2.75, 3.05) is 5.73 Å². The highest BCUT2D eigenvalue weighted by Crippen LogP contribution is 2.24. The molecule has 6 heteroatoms. The van der Waals surface area contributed by atoms with Gasteiger partial charge in [0, 0.05) is 10.5 Å². The number of nitrogen functional groups attached to an aromatic ring is 1. The molecule has 20 heavy (non-hydrogen) atoms. The molecule has 0 saturated heterocycles. The van der Waals surface area contributed by atoms with Gasteiger partial charge < -0.3 is 14.9 Å². The van der Waals surface area contributed by atoms with Gasteiger partial charge >= 0.3 is 0 Å². The lowest BCUT2D eigenvalue weighted by molar-refractivity contribution is 0.266. The smallest absolute Gasteiger partial charge is 0.233 e. The van der Waals surface area contributed by atoms with Crippen LogP contribution in [0.25, 0.3) is 11.1 Å². The first kappa shape index (κ1) is 12.9. The highest BCUT2D eigenvalue weighted by molar-refractivity contribution is 9.10. The van der Waals surface area contributed by atoms with E-state index in [2.05, 4.69) is 20.9 Å². The first-order valence-corrected chi connectivity index (χ1v) is 6.64. The molecule has 0 unspecified atom stereocenters. The summed E-state index contributed by atoms with van der Waals surface area (Å²) in [6.07, 6.45) is 0. The van der Waals surface area contributed by atoms with Crippen LogP contribution in [0.3, 0.4) is 0 Å². The van der Waals surface area contributed by atoms with Gasteiger partial charge in [-0.05, 0) is 24.3 Å². The minimum atomic E-state index is -0.379. The average Bonchev–Trinajstić information content (AvgIpc) is 2.80. The number of oxazole rings is 1. The van der Waals surface area contributed by atoms with Crippen LogP contribution in [0.1, 0.15) is 5.89 Å². The molecular formula is C14H10BrFN2O2. The molecule has 0 aliphatic carbocycles. The van der Waals surface area contributed by atoms with E-state index in [0.29, 0.717) is 32.9 Å². The van der Waals surface area contributed by atoms with Crippen molar-refractivity contribution < 1.29 is 13.5 Å². The highest BCUT2D eigenvalue weighted by atomic mass is 79.9. The van der Waals surface area contributed by atoms with E-state index in [9.17, 15) is 4.39 Å². The van der Waals surface area contributed by atoms with Crippen LogP contribution in [0.5, 0.6) is 5.75 Å². The topological polar surface area (TPSA) is 61.3 Å². The predicted octanol–water partition coefficient (Wildman–Crippen LogP) is 3.89. The molecule has 3 rings (SSSR count). The number of rotatable bonds is 3. The van der Waals surface area contributed by atoms with E-state index < -0.39 is 0 Å². The molecule has 0 saturated carbocycles. The lowest BCUT2D eigenvalue weighted by Crippen LogP contribution is -1.96. The second-order valence-corrected chi connectivity index (χ2v) is 5.11. The first-order valence-electron chi connectivity index (χ1n) is 5.84. The van der Waals surface area contributed by atoms with Crippen molar-refractivity contribution in [3.63, 3.8) is 0 Å². The number of para-hydroxylation sites is 1. The Labute approximate surface area is 122 Å². The Hall–Kier alpha value is -2.08. The molecule has 1 heterocycles. The van der Waals surface area contributed by atoms with Gasteiger partial charge in [-0.25, -0.2) is 9.37 Å². The minimum absolute atomic E-state index is 0.101. The lowest BCUT2D eigenvalue weighted by atomic mass is 10.3. The van der Waals surface area contributed by atoms with Crippen LogP contribution < -0.4 is 10.5 Å². The van der Waals surface area contributed by atoms with E-state index in [1.807, 2.05) is 0 Å². The summed E-state index contributed by atoms with van der Waals surface area (Å²) in [7, 11) is 0. The zero-order valence-corrected chi connectivity index (χ0v) is 11.9. The van der Waals surface area contributed by atoms with Crippen molar-refractivity contribution in [1.82, 2.24) is 4.98 Å². The standard InChI is InChI=1S/C14H10BrFN2O2/c15-8-4-9(16)6-10(5-8)19-7-13-18-14-11(17)2-1-3-12(14)20-13/h1-6H,7,17H2. The van der Waals surface area contributed by atoms with Gasteiger partial charge in [0.25, 0.3) is 0 Å². The van der Waals surface area contributed by atoms with Crippen LogP contribution in [-0.4, -0.2) is 4.98 Å². The zero-order valence-electron chi connectivity index (χ0n) is 10.3. The zero-order chi connectivity index (χ0) is 14.1. The molecule has 0 radical (unpaired) electrons. The molecule has 0 atom stereocenters. The van der Waals surface area contributed by atoms with Gasteiger partial charge in [0.1, 0.15) is 17.1 Å². The molecule has 3 aromatic rings. The van der Waals surface area contributed by atoms with Crippen molar-refractivity contribution in [3.8, 4) is 5.75 Å². The Bertz CT molecular complexity index is 753. The third-order valence-corrected chi connectivity index (χ3v) is 3.15. The largest absolute Gasteiger partial charge is 0.484 e. The summed E-state index contributed by atoms with van der Waals surface area (Å²) >= 11 is 3.20. The van der Waals surface area contributed by atoms with Crippen molar-refractivity contribution >= 4 is 32.7 Å². The number of benzene rings is 2. The molecule has 0 aliphatic rings. The Morgan fingerprint density at radius 3 is 2.90 bits per heavy atom. The fourth-order valence-electron chi connectivity index (χ4n) is 1.83. The van der Waals surface area contributed by atoms with E-state index in [-0.39, 0.29) is 12.4 Å². The van der Waals surface area contributed by atoms with Crippen molar-refractivity contribution in [2.45, 2.75) is 6.61 Å². The molecule has 0 spiro atoms. The summed E-state index contributed by atoms with van der Waals surface area (Å²) in [6.45, 7) is 0.101. The molecule has 102 valence electrons. The molecule has 0 amide bonds. The van der Waals surface area contributed by atoms with Gasteiger partial charge in [-0.2, -0.15) is 0 Å². The number of ether oxygens (including phenoxy) is 1. The quantitative estimate of drug-likeness (QED) is 0.737. The minimum Gasteiger partial charge on any atom is -0.484 e. The highest BCUT2D eigenvalue weighted by Gasteiger charge is 2.09. The number of aromatic nitrogens is 1. The number of hydrogen-bond donors (Lipinski definition) is 1. The van der Waals surface area contributed by atoms with Crippen LogP contribution >= 0.6 is 15.9 Å². The molecule has 0 fully saturated rings. The summed E-state index contributed by atoms with van der Waals surface area (Å²) in [5, 5.41) is 0. The van der Waals surface area contributed by atoms with E-state index in [4.69, 9.17) is 14.9 Å². The monoisotopic (exact) mass is 336 g/mol. The summed E-state index contributed by atoms with van der Waals surface area (Å²) in [5.41, 5.74) is 7.55. The molecular weight excluding hydrogens is 327 g/mol. The number of nitrogens with zero attached hydrogens (tertiary/aromatic N) is 1. The van der Waals surface area contributed by atoms with Gasteiger partial charge in [0.05, 0.1) is 5.69 Å². The van der Waals surface area contributed by atoms with E-state index in [0.717, 1.165) is 0 Å². The van der Waals surface area contributed by atoms with E-state index in [1.54, 1.807) is 24.3 Å². The van der Waals surface area contributed by atoms with Crippen LogP contribution in [-0.2, 0) is 6.61 Å². The molecule has 1 aromatic heterocycles. The summed E-state index contributed by atoms with van der Waals surface area (Å²) in [4.78, 5) is 4.25. The second-order valence-electron chi connectivity index (χ2n) is 4.20. The maximum Gasteiger partial charge on any atom is 0.233 e. The van der Waals surface area contributed by atoms with Gasteiger partial charge in [0.2, 0.25) is 5.89 Å². The summed E-state index contributed by atoms with van der Waals surface area (Å²) < 4.78 is 24.8. The average molecular weight is 337 g/mol. The molecule has 0 bridgehead atoms. The fourth-order valence-corrected chi connectivity index (χ4v) is 2.28. The summed E-state index contributed by atoms with van der Waals surface area (Å²) in [6, 6.07) is 9.63. The lowest BCUT2D eigenvalue weighted by Gasteiger charge is -2.04. The Morgan fingerprint density at radius 1 is 1.30 bits per heavy atom. The molecule has 4 nitrogen and oxygen atoms in total. The van der Waals surface area contributed by atoms with Crippen LogP contribution in [0.4, 0.5) is 10.1 Å². The molecule has 2 N–H and O–H groups in total. The number of halogens is 2. The third kappa shape index (κ3) is 2.60. The van der Waals surface area contributed by atoms with Crippen molar-refractivity contribution in [3.05, 3.63) is 52.6 Å². The predicted molar refractivity (Wildman–Crippen MR) is 76.9 cm³/mol. The third-order valence-electron chi connectivity index (χ3n) is 2.69. The van der Waals surface area contributed by atoms with Gasteiger partial charge in [-0.1, -0.05) is 22.0 Å². The number of fused-ring (bicyclic) bond motifs is 1. The fraction of sp³-hybridized carbons (Fsp3) is 0.0714. The van der Waals surface area contributed by atoms with Crippen LogP contribution in [0, 0.1) is 5.82 Å². The number of nitrogens with two attached hydrogens (primary N) is 1. The van der Waals surface area contributed by atoms with Crippen molar-refractivity contribution in [2.24, 2.45) is 0 Å². The van der Waals surface area contributed by atoms with Gasteiger partial charge in [0.15, 0.2) is 12.2 Å². The Morgan fingerprint density at radius 2 is 2.15 bits per heavy atom. The number of anilines is 1. The van der Waals surface area contributed by atoms with Gasteiger partial charge in [-0.15, -0.1) is 0 Å². The van der Waals surface area contributed by atoms with Crippen molar-refractivity contribution in [1.29, 1.82) is 0 Å². The van der Waals surface area contributed by atoms with E-state index in [1.165, 1.54) is 12.1 Å². The molecule has 0 aliphatic heterocycles. The summed E-state index contributed by atoms with van der Waals surface area (Å²) in [5.74, 6) is 0.404. The Kier molecular flexibility index (Phi) is 3.31. The van der Waals surface area contributed by atoms with Crippen LogP contribution in [0.15, 0.2) is 45.3 Å². The van der Waals surface area contributed by atoms with Gasteiger partial charge in [-0.3, -0.25) is 0 Å². The Balaban J connectivity index is 1.81. The SMILES string of the molecule is Nc1cccc2oc(COc3cc(F)cc(Br)c3)nc12. The van der Waals surface area contributed by atoms with Crippen LogP contribution in [0.2, 0.25) is 0 Å². The molecule has 2 aromatic carbocycles. The normalized spacial score (nSPS) is 10.9. The van der Waals surface area contributed by atoms with E-state index >= 15 is 0 Å². The first-order chi connectivity index (χ1) is 9.61. The maximum absolute atomic E-state index is 13.2. The second kappa shape index (κ2) is 5.13. The maximum atomic E-state index is 13.2. The number of hydrogen-bond acceptors (Lipinski definition) is 4.